The zero-order valence-corrected chi connectivity index (χ0v) is 9.97. The summed E-state index contributed by atoms with van der Waals surface area (Å²) >= 11 is 0. The topological polar surface area (TPSA) is 52.3 Å². The SMILES string of the molecule is N[C@@H](Cc1ccccc1)C(=O)OCCC1CC1. The van der Waals surface area contributed by atoms with E-state index in [1.165, 1.54) is 12.8 Å². The Balaban J connectivity index is 1.70. The minimum absolute atomic E-state index is 0.283. The molecule has 1 fully saturated rings. The number of hydrogen-bond donors (Lipinski definition) is 1. The van der Waals surface area contributed by atoms with Gasteiger partial charge >= 0.3 is 5.97 Å². The van der Waals surface area contributed by atoms with Crippen molar-refractivity contribution in [1.29, 1.82) is 0 Å². The van der Waals surface area contributed by atoms with Gasteiger partial charge < -0.3 is 10.5 Å². The maximum absolute atomic E-state index is 11.6. The molecule has 0 heterocycles. The number of esters is 1. The van der Waals surface area contributed by atoms with E-state index >= 15 is 0 Å². The summed E-state index contributed by atoms with van der Waals surface area (Å²) in [6, 6.07) is 9.23. The molecule has 0 unspecified atom stereocenters. The van der Waals surface area contributed by atoms with Gasteiger partial charge in [0.1, 0.15) is 6.04 Å². The highest BCUT2D eigenvalue weighted by Crippen LogP contribution is 2.32. The Morgan fingerprint density at radius 3 is 2.71 bits per heavy atom. The molecule has 17 heavy (non-hydrogen) atoms. The Hall–Kier alpha value is -1.35. The Morgan fingerprint density at radius 1 is 1.35 bits per heavy atom. The molecule has 0 radical (unpaired) electrons. The van der Waals surface area contributed by atoms with Crippen LogP contribution in [0.4, 0.5) is 0 Å². The maximum Gasteiger partial charge on any atom is 0.323 e. The molecule has 0 bridgehead atoms. The Morgan fingerprint density at radius 2 is 2.06 bits per heavy atom. The highest BCUT2D eigenvalue weighted by molar-refractivity contribution is 5.75. The van der Waals surface area contributed by atoms with Gasteiger partial charge in [-0.05, 0) is 24.3 Å². The molecule has 1 aliphatic carbocycles. The number of nitrogens with two attached hydrogens (primary N) is 1. The lowest BCUT2D eigenvalue weighted by Crippen LogP contribution is -2.34. The fraction of sp³-hybridized carbons (Fsp3) is 0.500. The van der Waals surface area contributed by atoms with E-state index in [0.29, 0.717) is 13.0 Å². The third kappa shape index (κ3) is 4.19. The van der Waals surface area contributed by atoms with Crippen LogP contribution in [0, 0.1) is 5.92 Å². The number of ether oxygens (including phenoxy) is 1. The van der Waals surface area contributed by atoms with Crippen LogP contribution in [0.2, 0.25) is 0 Å². The molecule has 3 nitrogen and oxygen atoms in total. The van der Waals surface area contributed by atoms with Crippen molar-refractivity contribution < 1.29 is 9.53 Å². The van der Waals surface area contributed by atoms with Crippen LogP contribution < -0.4 is 5.73 Å². The van der Waals surface area contributed by atoms with E-state index in [1.807, 2.05) is 30.3 Å². The summed E-state index contributed by atoms with van der Waals surface area (Å²) in [7, 11) is 0. The van der Waals surface area contributed by atoms with E-state index in [1.54, 1.807) is 0 Å². The first-order valence-electron chi connectivity index (χ1n) is 6.22. The summed E-state index contributed by atoms with van der Waals surface area (Å²) in [5.74, 6) is 0.502. The smallest absolute Gasteiger partial charge is 0.323 e. The number of carbonyl (C=O) groups is 1. The van der Waals surface area contributed by atoms with Gasteiger partial charge in [0.05, 0.1) is 6.61 Å². The van der Waals surface area contributed by atoms with Crippen LogP contribution in [-0.2, 0) is 16.0 Å². The zero-order valence-electron chi connectivity index (χ0n) is 9.97. The van der Waals surface area contributed by atoms with E-state index in [-0.39, 0.29) is 5.97 Å². The minimum atomic E-state index is -0.545. The normalized spacial score (nSPS) is 16.5. The molecule has 3 heteroatoms. The van der Waals surface area contributed by atoms with Gasteiger partial charge in [0.2, 0.25) is 0 Å². The summed E-state index contributed by atoms with van der Waals surface area (Å²) in [4.78, 5) is 11.6. The van der Waals surface area contributed by atoms with Gasteiger partial charge in [0.25, 0.3) is 0 Å². The molecular formula is C14H19NO2. The second-order valence-corrected chi connectivity index (χ2v) is 4.70. The van der Waals surface area contributed by atoms with Crippen LogP contribution in [0.1, 0.15) is 24.8 Å². The van der Waals surface area contributed by atoms with Crippen LogP contribution >= 0.6 is 0 Å². The summed E-state index contributed by atoms with van der Waals surface area (Å²) in [5.41, 5.74) is 6.88. The molecule has 1 atom stereocenters. The molecular weight excluding hydrogens is 214 g/mol. The first-order valence-corrected chi connectivity index (χ1v) is 6.22. The third-order valence-corrected chi connectivity index (χ3v) is 3.07. The van der Waals surface area contributed by atoms with Crippen molar-refractivity contribution in [1.82, 2.24) is 0 Å². The second kappa shape index (κ2) is 5.82. The molecule has 0 saturated heterocycles. The fourth-order valence-electron chi connectivity index (χ4n) is 1.79. The van der Waals surface area contributed by atoms with E-state index in [2.05, 4.69) is 0 Å². The molecule has 1 saturated carbocycles. The summed E-state index contributed by atoms with van der Waals surface area (Å²) < 4.78 is 5.16. The Kier molecular flexibility index (Phi) is 4.15. The van der Waals surface area contributed by atoms with E-state index in [4.69, 9.17) is 10.5 Å². The van der Waals surface area contributed by atoms with Crippen LogP contribution in [0.3, 0.4) is 0 Å². The van der Waals surface area contributed by atoms with Gasteiger partial charge in [-0.1, -0.05) is 43.2 Å². The zero-order chi connectivity index (χ0) is 12.1. The quantitative estimate of drug-likeness (QED) is 0.763. The van der Waals surface area contributed by atoms with Gasteiger partial charge in [-0.25, -0.2) is 0 Å². The molecule has 1 aliphatic rings. The molecule has 0 aliphatic heterocycles. The molecule has 2 rings (SSSR count). The predicted octanol–water partition coefficient (Wildman–Crippen LogP) is 1.90. The van der Waals surface area contributed by atoms with Crippen molar-refractivity contribution in [2.75, 3.05) is 6.61 Å². The average molecular weight is 233 g/mol. The summed E-state index contributed by atoms with van der Waals surface area (Å²) in [5, 5.41) is 0. The Labute approximate surface area is 102 Å². The number of benzene rings is 1. The summed E-state index contributed by atoms with van der Waals surface area (Å²) in [6.07, 6.45) is 4.11. The van der Waals surface area contributed by atoms with Crippen LogP contribution in [-0.4, -0.2) is 18.6 Å². The van der Waals surface area contributed by atoms with E-state index < -0.39 is 6.04 Å². The highest BCUT2D eigenvalue weighted by atomic mass is 16.5. The number of carbonyl (C=O) groups excluding carboxylic acids is 1. The largest absolute Gasteiger partial charge is 0.465 e. The van der Waals surface area contributed by atoms with Gasteiger partial charge in [0, 0.05) is 0 Å². The monoisotopic (exact) mass is 233 g/mol. The lowest BCUT2D eigenvalue weighted by molar-refractivity contribution is -0.145. The molecule has 0 aromatic heterocycles. The van der Waals surface area contributed by atoms with E-state index in [0.717, 1.165) is 17.9 Å². The van der Waals surface area contributed by atoms with Crippen molar-refractivity contribution in [2.24, 2.45) is 11.7 Å². The molecule has 0 amide bonds. The van der Waals surface area contributed by atoms with Crippen molar-refractivity contribution in [3.05, 3.63) is 35.9 Å². The molecule has 1 aromatic carbocycles. The first kappa shape index (κ1) is 12.1. The second-order valence-electron chi connectivity index (χ2n) is 4.70. The first-order chi connectivity index (χ1) is 8.25. The molecule has 2 N–H and O–H groups in total. The molecule has 1 aromatic rings. The Bertz CT molecular complexity index is 360. The van der Waals surface area contributed by atoms with Gasteiger partial charge in [-0.3, -0.25) is 4.79 Å². The molecule has 0 spiro atoms. The number of hydrogen-bond acceptors (Lipinski definition) is 3. The lowest BCUT2D eigenvalue weighted by atomic mass is 10.1. The standard InChI is InChI=1S/C14H19NO2/c15-13(10-12-4-2-1-3-5-12)14(16)17-9-8-11-6-7-11/h1-5,11,13H,6-10,15H2/t13-/m0/s1. The van der Waals surface area contributed by atoms with Gasteiger partial charge in [-0.15, -0.1) is 0 Å². The third-order valence-electron chi connectivity index (χ3n) is 3.07. The van der Waals surface area contributed by atoms with Crippen LogP contribution in [0.15, 0.2) is 30.3 Å². The van der Waals surface area contributed by atoms with Crippen molar-refractivity contribution >= 4 is 5.97 Å². The van der Waals surface area contributed by atoms with Crippen LogP contribution in [0.5, 0.6) is 0 Å². The highest BCUT2D eigenvalue weighted by Gasteiger charge is 2.22. The average Bonchev–Trinajstić information content (AvgIpc) is 3.14. The fourth-order valence-corrected chi connectivity index (χ4v) is 1.79. The molecule has 92 valence electrons. The van der Waals surface area contributed by atoms with Crippen LogP contribution in [0.25, 0.3) is 0 Å². The van der Waals surface area contributed by atoms with Gasteiger partial charge in [0.15, 0.2) is 0 Å². The minimum Gasteiger partial charge on any atom is -0.465 e. The van der Waals surface area contributed by atoms with E-state index in [9.17, 15) is 4.79 Å². The van der Waals surface area contributed by atoms with Crippen molar-refractivity contribution in [2.45, 2.75) is 31.7 Å². The van der Waals surface area contributed by atoms with Crippen molar-refractivity contribution in [3.63, 3.8) is 0 Å². The van der Waals surface area contributed by atoms with Gasteiger partial charge in [-0.2, -0.15) is 0 Å². The maximum atomic E-state index is 11.6. The summed E-state index contributed by atoms with van der Waals surface area (Å²) in [6.45, 7) is 0.520. The van der Waals surface area contributed by atoms with Crippen molar-refractivity contribution in [3.8, 4) is 0 Å². The predicted molar refractivity (Wildman–Crippen MR) is 66.4 cm³/mol. The number of rotatable bonds is 6. The lowest BCUT2D eigenvalue weighted by Gasteiger charge is -2.11.